The highest BCUT2D eigenvalue weighted by Crippen LogP contribution is 2.18. The maximum atomic E-state index is 13.2. The highest BCUT2D eigenvalue weighted by atomic mass is 16.6. The number of aryl methyl sites for hydroxylation is 1. The Morgan fingerprint density at radius 2 is 1.55 bits per heavy atom. The highest BCUT2D eigenvalue weighted by molar-refractivity contribution is 5.68. The SMILES string of the molecule is CC(C)CNC(C(O)CCc1ccccc1)N(Cc1ccccc1)C(=O)OC(C)(C)C. The number of hydrogen-bond acceptors (Lipinski definition) is 4. The van der Waals surface area contributed by atoms with E-state index in [0.717, 1.165) is 17.5 Å². The van der Waals surface area contributed by atoms with Crippen molar-refractivity contribution in [2.45, 2.75) is 71.9 Å². The molecule has 0 bridgehead atoms. The summed E-state index contributed by atoms with van der Waals surface area (Å²) in [6.45, 7) is 10.8. The number of hydrogen-bond donors (Lipinski definition) is 2. The van der Waals surface area contributed by atoms with E-state index in [1.165, 1.54) is 0 Å². The van der Waals surface area contributed by atoms with Crippen LogP contribution in [0.4, 0.5) is 4.79 Å². The Morgan fingerprint density at radius 1 is 1.00 bits per heavy atom. The lowest BCUT2D eigenvalue weighted by Crippen LogP contribution is -2.56. The first-order valence-corrected chi connectivity index (χ1v) is 11.1. The van der Waals surface area contributed by atoms with Gasteiger partial charge in [0.25, 0.3) is 0 Å². The van der Waals surface area contributed by atoms with E-state index in [1.54, 1.807) is 4.90 Å². The number of aliphatic hydroxyl groups is 1. The Morgan fingerprint density at radius 3 is 2.06 bits per heavy atom. The summed E-state index contributed by atoms with van der Waals surface area (Å²) in [7, 11) is 0. The molecule has 0 spiro atoms. The third-order valence-corrected chi connectivity index (χ3v) is 4.83. The van der Waals surface area contributed by atoms with E-state index < -0.39 is 24.0 Å². The maximum absolute atomic E-state index is 13.2. The molecule has 2 aromatic carbocycles. The van der Waals surface area contributed by atoms with Crippen LogP contribution in [-0.2, 0) is 17.7 Å². The molecule has 0 aromatic heterocycles. The number of benzene rings is 2. The average molecular weight is 427 g/mol. The topological polar surface area (TPSA) is 61.8 Å². The molecular formula is C26H38N2O3. The van der Waals surface area contributed by atoms with Gasteiger partial charge in [-0.15, -0.1) is 0 Å². The minimum atomic E-state index is -0.741. The number of aliphatic hydroxyl groups excluding tert-OH is 1. The van der Waals surface area contributed by atoms with Crippen molar-refractivity contribution >= 4 is 6.09 Å². The molecule has 170 valence electrons. The summed E-state index contributed by atoms with van der Waals surface area (Å²) in [6.07, 6.45) is -0.462. The third-order valence-electron chi connectivity index (χ3n) is 4.83. The Kier molecular flexibility index (Phi) is 9.53. The molecule has 0 saturated heterocycles. The molecular weight excluding hydrogens is 388 g/mol. The van der Waals surface area contributed by atoms with Gasteiger partial charge in [-0.2, -0.15) is 0 Å². The number of ether oxygens (including phenoxy) is 1. The molecule has 0 aliphatic rings. The lowest BCUT2D eigenvalue weighted by Gasteiger charge is -2.37. The summed E-state index contributed by atoms with van der Waals surface area (Å²) < 4.78 is 5.71. The van der Waals surface area contributed by atoms with Crippen molar-refractivity contribution in [3.63, 3.8) is 0 Å². The lowest BCUT2D eigenvalue weighted by molar-refractivity contribution is -0.0193. The quantitative estimate of drug-likeness (QED) is 0.526. The van der Waals surface area contributed by atoms with Crippen LogP contribution >= 0.6 is 0 Å². The van der Waals surface area contributed by atoms with Gasteiger partial charge in [0.05, 0.1) is 12.6 Å². The normalized spacial score (nSPS) is 13.6. The fourth-order valence-corrected chi connectivity index (χ4v) is 3.30. The minimum absolute atomic E-state index is 0.355. The smallest absolute Gasteiger partial charge is 0.411 e. The summed E-state index contributed by atoms with van der Waals surface area (Å²) in [4.78, 5) is 14.8. The van der Waals surface area contributed by atoms with E-state index in [0.29, 0.717) is 25.4 Å². The van der Waals surface area contributed by atoms with Gasteiger partial charge < -0.3 is 9.84 Å². The van der Waals surface area contributed by atoms with Crippen molar-refractivity contribution in [1.29, 1.82) is 0 Å². The number of nitrogens with one attached hydrogen (secondary N) is 1. The van der Waals surface area contributed by atoms with Crippen LogP contribution in [-0.4, -0.2) is 40.5 Å². The Hall–Kier alpha value is -2.37. The van der Waals surface area contributed by atoms with Crippen LogP contribution in [0.2, 0.25) is 0 Å². The molecule has 0 aliphatic carbocycles. The fraction of sp³-hybridized carbons (Fsp3) is 0.500. The van der Waals surface area contributed by atoms with Crippen LogP contribution in [0, 0.1) is 5.92 Å². The van der Waals surface area contributed by atoms with Gasteiger partial charge in [0, 0.05) is 0 Å². The first-order valence-electron chi connectivity index (χ1n) is 11.1. The van der Waals surface area contributed by atoms with Crippen molar-refractivity contribution in [3.8, 4) is 0 Å². The first-order chi connectivity index (χ1) is 14.7. The molecule has 0 radical (unpaired) electrons. The molecule has 2 aromatic rings. The molecule has 2 N–H and O–H groups in total. The number of carbonyl (C=O) groups is 1. The maximum Gasteiger partial charge on any atom is 0.411 e. The third kappa shape index (κ3) is 9.11. The molecule has 2 rings (SSSR count). The van der Waals surface area contributed by atoms with Crippen LogP contribution in [0.15, 0.2) is 60.7 Å². The molecule has 0 saturated carbocycles. The molecule has 31 heavy (non-hydrogen) atoms. The fourth-order valence-electron chi connectivity index (χ4n) is 3.30. The first kappa shape index (κ1) is 24.9. The molecule has 2 atom stereocenters. The predicted octanol–water partition coefficient (Wildman–Crippen LogP) is 4.99. The van der Waals surface area contributed by atoms with Crippen LogP contribution in [0.25, 0.3) is 0 Å². The van der Waals surface area contributed by atoms with Gasteiger partial charge in [-0.25, -0.2) is 4.79 Å². The molecule has 0 fully saturated rings. The summed E-state index contributed by atoms with van der Waals surface area (Å²) in [6, 6.07) is 19.9. The lowest BCUT2D eigenvalue weighted by atomic mass is 10.0. The van der Waals surface area contributed by atoms with Crippen LogP contribution < -0.4 is 5.32 Å². The van der Waals surface area contributed by atoms with E-state index >= 15 is 0 Å². The second kappa shape index (κ2) is 11.9. The van der Waals surface area contributed by atoms with Crippen LogP contribution in [0.3, 0.4) is 0 Å². The zero-order valence-corrected chi connectivity index (χ0v) is 19.5. The van der Waals surface area contributed by atoms with Gasteiger partial charge in [-0.05, 0) is 57.2 Å². The van der Waals surface area contributed by atoms with E-state index in [2.05, 4.69) is 31.3 Å². The second-order valence-corrected chi connectivity index (χ2v) is 9.43. The molecule has 2 unspecified atom stereocenters. The molecule has 0 heterocycles. The van der Waals surface area contributed by atoms with Gasteiger partial charge in [-0.3, -0.25) is 10.2 Å². The number of amides is 1. The Bertz CT molecular complexity index is 772. The van der Waals surface area contributed by atoms with Crippen LogP contribution in [0.5, 0.6) is 0 Å². The largest absolute Gasteiger partial charge is 0.444 e. The van der Waals surface area contributed by atoms with Gasteiger partial charge in [-0.1, -0.05) is 74.5 Å². The number of rotatable bonds is 10. The Balaban J connectivity index is 2.25. The molecule has 1 amide bonds. The number of nitrogens with zero attached hydrogens (tertiary/aromatic N) is 1. The summed E-state index contributed by atoms with van der Waals surface area (Å²) in [5.41, 5.74) is 1.53. The van der Waals surface area contributed by atoms with Gasteiger partial charge in [0.2, 0.25) is 0 Å². The summed E-state index contributed by atoms with van der Waals surface area (Å²) >= 11 is 0. The average Bonchev–Trinajstić information content (AvgIpc) is 2.71. The predicted molar refractivity (Wildman–Crippen MR) is 126 cm³/mol. The second-order valence-electron chi connectivity index (χ2n) is 9.43. The minimum Gasteiger partial charge on any atom is -0.444 e. The Labute approximate surface area is 187 Å². The zero-order valence-electron chi connectivity index (χ0n) is 19.5. The van der Waals surface area contributed by atoms with Crippen molar-refractivity contribution in [1.82, 2.24) is 10.2 Å². The van der Waals surface area contributed by atoms with Gasteiger partial charge in [0.1, 0.15) is 11.8 Å². The van der Waals surface area contributed by atoms with E-state index in [1.807, 2.05) is 69.3 Å². The molecule has 5 nitrogen and oxygen atoms in total. The van der Waals surface area contributed by atoms with Gasteiger partial charge >= 0.3 is 6.09 Å². The van der Waals surface area contributed by atoms with Crippen molar-refractivity contribution in [2.24, 2.45) is 5.92 Å². The van der Waals surface area contributed by atoms with E-state index in [-0.39, 0.29) is 0 Å². The standard InChI is InChI=1S/C26H38N2O3/c1-20(2)18-27-24(23(29)17-16-21-12-8-6-9-13-21)28(25(30)31-26(3,4)5)19-22-14-10-7-11-15-22/h6-15,20,23-24,27,29H,16-19H2,1-5H3. The monoisotopic (exact) mass is 426 g/mol. The van der Waals surface area contributed by atoms with E-state index in [4.69, 9.17) is 4.74 Å². The number of carbonyl (C=O) groups excluding carboxylic acids is 1. The zero-order chi connectivity index (χ0) is 22.9. The summed E-state index contributed by atoms with van der Waals surface area (Å²) in [5, 5.41) is 14.6. The van der Waals surface area contributed by atoms with Crippen molar-refractivity contribution in [3.05, 3.63) is 71.8 Å². The van der Waals surface area contributed by atoms with Crippen LogP contribution in [0.1, 0.15) is 52.2 Å². The van der Waals surface area contributed by atoms with Crippen molar-refractivity contribution in [2.75, 3.05) is 6.54 Å². The van der Waals surface area contributed by atoms with Crippen molar-refractivity contribution < 1.29 is 14.6 Å². The van der Waals surface area contributed by atoms with E-state index in [9.17, 15) is 9.90 Å². The highest BCUT2D eigenvalue weighted by Gasteiger charge is 2.32. The summed E-state index contributed by atoms with van der Waals surface area (Å²) in [5.74, 6) is 0.376. The van der Waals surface area contributed by atoms with Gasteiger partial charge in [0.15, 0.2) is 0 Å². The molecule has 0 aliphatic heterocycles. The molecule has 5 heteroatoms.